The van der Waals surface area contributed by atoms with Crippen LogP contribution in [-0.2, 0) is 20.7 Å². The lowest BCUT2D eigenvalue weighted by Crippen LogP contribution is -2.54. The van der Waals surface area contributed by atoms with Crippen LogP contribution in [0.25, 0.3) is 0 Å². The molecule has 0 bridgehead atoms. The van der Waals surface area contributed by atoms with Crippen molar-refractivity contribution in [2.45, 2.75) is 13.3 Å². The molecule has 7 nitrogen and oxygen atoms in total. The molecular formula is C20H29N3O4. The van der Waals surface area contributed by atoms with Crippen molar-refractivity contribution in [1.29, 1.82) is 0 Å². The van der Waals surface area contributed by atoms with E-state index in [2.05, 4.69) is 11.8 Å². The van der Waals surface area contributed by atoms with Crippen molar-refractivity contribution >= 4 is 11.8 Å². The third-order valence-corrected chi connectivity index (χ3v) is 5.14. The molecule has 2 fully saturated rings. The van der Waals surface area contributed by atoms with Crippen molar-refractivity contribution in [2.24, 2.45) is 0 Å². The zero-order valence-electron chi connectivity index (χ0n) is 16.1. The summed E-state index contributed by atoms with van der Waals surface area (Å²) in [4.78, 5) is 30.5. The van der Waals surface area contributed by atoms with E-state index in [1.165, 1.54) is 5.56 Å². The van der Waals surface area contributed by atoms with Crippen LogP contribution in [0.15, 0.2) is 24.3 Å². The largest absolute Gasteiger partial charge is 0.484 e. The van der Waals surface area contributed by atoms with Gasteiger partial charge in [-0.2, -0.15) is 0 Å². The van der Waals surface area contributed by atoms with Crippen LogP contribution >= 0.6 is 0 Å². The molecular weight excluding hydrogens is 346 g/mol. The summed E-state index contributed by atoms with van der Waals surface area (Å²) >= 11 is 0. The minimum absolute atomic E-state index is 0.0325. The molecule has 2 saturated heterocycles. The number of hydrogen-bond acceptors (Lipinski definition) is 5. The van der Waals surface area contributed by atoms with Crippen LogP contribution in [-0.4, -0.2) is 92.1 Å². The van der Waals surface area contributed by atoms with Crippen LogP contribution < -0.4 is 4.74 Å². The van der Waals surface area contributed by atoms with Crippen LogP contribution in [0, 0.1) is 0 Å². The summed E-state index contributed by atoms with van der Waals surface area (Å²) in [5, 5.41) is 0. The maximum absolute atomic E-state index is 12.4. The SMILES string of the molecule is CCc1ccc(OCC(=O)N2CCN(C(=O)CN3CCOCC3)CC2)cc1. The van der Waals surface area contributed by atoms with Gasteiger partial charge in [0.25, 0.3) is 5.91 Å². The first-order chi connectivity index (χ1) is 13.2. The molecule has 7 heteroatoms. The zero-order valence-corrected chi connectivity index (χ0v) is 16.1. The smallest absolute Gasteiger partial charge is 0.260 e. The Labute approximate surface area is 160 Å². The Balaban J connectivity index is 1.38. The number of rotatable bonds is 6. The minimum atomic E-state index is -0.0325. The van der Waals surface area contributed by atoms with Crippen LogP contribution in [0.5, 0.6) is 5.75 Å². The summed E-state index contributed by atoms with van der Waals surface area (Å²) < 4.78 is 10.9. The molecule has 0 atom stereocenters. The van der Waals surface area contributed by atoms with Crippen molar-refractivity contribution in [2.75, 3.05) is 65.6 Å². The van der Waals surface area contributed by atoms with E-state index >= 15 is 0 Å². The summed E-state index contributed by atoms with van der Waals surface area (Å²) in [6.07, 6.45) is 0.980. The highest BCUT2D eigenvalue weighted by Gasteiger charge is 2.25. The molecule has 2 aliphatic heterocycles. The van der Waals surface area contributed by atoms with Crippen molar-refractivity contribution in [3.63, 3.8) is 0 Å². The third kappa shape index (κ3) is 5.68. The second-order valence-corrected chi connectivity index (χ2v) is 6.94. The van der Waals surface area contributed by atoms with E-state index in [0.29, 0.717) is 51.7 Å². The zero-order chi connectivity index (χ0) is 19.1. The number of hydrogen-bond donors (Lipinski definition) is 0. The average Bonchev–Trinajstić information content (AvgIpc) is 2.73. The van der Waals surface area contributed by atoms with Gasteiger partial charge >= 0.3 is 0 Å². The monoisotopic (exact) mass is 375 g/mol. The number of ether oxygens (including phenoxy) is 2. The number of carbonyl (C=O) groups is 2. The number of aryl methyl sites for hydroxylation is 1. The molecule has 0 unspecified atom stereocenters. The van der Waals surface area contributed by atoms with Gasteiger partial charge in [-0.25, -0.2) is 0 Å². The highest BCUT2D eigenvalue weighted by Crippen LogP contribution is 2.13. The van der Waals surface area contributed by atoms with E-state index in [1.54, 1.807) is 4.90 Å². The van der Waals surface area contributed by atoms with Gasteiger partial charge in [0.1, 0.15) is 5.75 Å². The van der Waals surface area contributed by atoms with E-state index in [-0.39, 0.29) is 18.4 Å². The second kappa shape index (κ2) is 9.71. The van der Waals surface area contributed by atoms with E-state index in [9.17, 15) is 9.59 Å². The van der Waals surface area contributed by atoms with Gasteiger partial charge < -0.3 is 19.3 Å². The van der Waals surface area contributed by atoms with Gasteiger partial charge in [-0.1, -0.05) is 19.1 Å². The normalized spacial score (nSPS) is 18.4. The van der Waals surface area contributed by atoms with Crippen molar-refractivity contribution in [1.82, 2.24) is 14.7 Å². The fourth-order valence-electron chi connectivity index (χ4n) is 3.31. The molecule has 1 aromatic carbocycles. The highest BCUT2D eigenvalue weighted by molar-refractivity contribution is 5.80. The first-order valence-corrected chi connectivity index (χ1v) is 9.73. The highest BCUT2D eigenvalue weighted by atomic mass is 16.5. The van der Waals surface area contributed by atoms with E-state index in [4.69, 9.17) is 9.47 Å². The van der Waals surface area contributed by atoms with Crippen LogP contribution in [0.2, 0.25) is 0 Å². The van der Waals surface area contributed by atoms with Crippen molar-refractivity contribution < 1.29 is 19.1 Å². The number of amides is 2. The fourth-order valence-corrected chi connectivity index (χ4v) is 3.31. The average molecular weight is 375 g/mol. The third-order valence-electron chi connectivity index (χ3n) is 5.14. The summed E-state index contributed by atoms with van der Waals surface area (Å²) in [5.41, 5.74) is 1.24. The molecule has 2 heterocycles. The van der Waals surface area contributed by atoms with Gasteiger partial charge in [0, 0.05) is 39.3 Å². The Morgan fingerprint density at radius 1 is 0.926 bits per heavy atom. The topological polar surface area (TPSA) is 62.3 Å². The van der Waals surface area contributed by atoms with Crippen LogP contribution in [0.3, 0.4) is 0 Å². The van der Waals surface area contributed by atoms with Gasteiger partial charge in [0.15, 0.2) is 6.61 Å². The van der Waals surface area contributed by atoms with Crippen LogP contribution in [0.1, 0.15) is 12.5 Å². The second-order valence-electron chi connectivity index (χ2n) is 6.94. The lowest BCUT2D eigenvalue weighted by atomic mass is 10.2. The molecule has 0 N–H and O–H groups in total. The van der Waals surface area contributed by atoms with Gasteiger partial charge in [-0.15, -0.1) is 0 Å². The Bertz CT molecular complexity index is 621. The molecule has 1 aromatic rings. The standard InChI is InChI=1S/C20H29N3O4/c1-2-17-3-5-18(6-4-17)27-16-20(25)23-9-7-22(8-10-23)19(24)15-21-11-13-26-14-12-21/h3-6H,2,7-16H2,1H3. The van der Waals surface area contributed by atoms with Gasteiger partial charge in [-0.3, -0.25) is 14.5 Å². The van der Waals surface area contributed by atoms with Crippen LogP contribution in [0.4, 0.5) is 0 Å². The summed E-state index contributed by atoms with van der Waals surface area (Å²) in [6, 6.07) is 7.82. The van der Waals surface area contributed by atoms with Crippen molar-refractivity contribution in [3.05, 3.63) is 29.8 Å². The molecule has 0 aliphatic carbocycles. The molecule has 27 heavy (non-hydrogen) atoms. The number of carbonyl (C=O) groups excluding carboxylic acids is 2. The number of piperazine rings is 1. The molecule has 2 aliphatic rings. The molecule has 2 amide bonds. The number of morpholine rings is 1. The van der Waals surface area contributed by atoms with E-state index in [0.717, 1.165) is 19.5 Å². The van der Waals surface area contributed by atoms with Gasteiger partial charge in [-0.05, 0) is 24.1 Å². The molecule has 148 valence electrons. The molecule has 0 radical (unpaired) electrons. The van der Waals surface area contributed by atoms with E-state index < -0.39 is 0 Å². The quantitative estimate of drug-likeness (QED) is 0.730. The minimum Gasteiger partial charge on any atom is -0.484 e. The Kier molecular flexibility index (Phi) is 7.06. The molecule has 0 saturated carbocycles. The Hall–Kier alpha value is -2.12. The molecule has 3 rings (SSSR count). The Morgan fingerprint density at radius 2 is 1.52 bits per heavy atom. The maximum Gasteiger partial charge on any atom is 0.260 e. The summed E-state index contributed by atoms with van der Waals surface area (Å²) in [6.45, 7) is 7.86. The lowest BCUT2D eigenvalue weighted by molar-refractivity contribution is -0.141. The first kappa shape index (κ1) is 19.6. The van der Waals surface area contributed by atoms with E-state index in [1.807, 2.05) is 29.2 Å². The van der Waals surface area contributed by atoms with Gasteiger partial charge in [0.2, 0.25) is 5.91 Å². The predicted molar refractivity (Wildman–Crippen MR) is 102 cm³/mol. The lowest BCUT2D eigenvalue weighted by Gasteiger charge is -2.36. The maximum atomic E-state index is 12.4. The van der Waals surface area contributed by atoms with Gasteiger partial charge in [0.05, 0.1) is 19.8 Å². The predicted octanol–water partition coefficient (Wildman–Crippen LogP) is 0.631. The number of nitrogens with zero attached hydrogens (tertiary/aromatic N) is 3. The summed E-state index contributed by atoms with van der Waals surface area (Å²) in [5.74, 6) is 0.811. The molecule has 0 aromatic heterocycles. The Morgan fingerprint density at radius 3 is 2.11 bits per heavy atom. The first-order valence-electron chi connectivity index (χ1n) is 9.73. The number of benzene rings is 1. The molecule has 0 spiro atoms. The van der Waals surface area contributed by atoms with Crippen molar-refractivity contribution in [3.8, 4) is 5.75 Å². The fraction of sp³-hybridized carbons (Fsp3) is 0.600. The summed E-state index contributed by atoms with van der Waals surface area (Å²) in [7, 11) is 0.